The fraction of sp³-hybridized carbons (Fsp3) is 0.917. The van der Waals surface area contributed by atoms with Crippen LogP contribution in [0.3, 0.4) is 0 Å². The average molecular weight is 946 g/mol. The number of hydrogen-bond acceptors (Lipinski definition) is 16. The molecule has 3 rings (SSSR count). The highest BCUT2D eigenvalue weighted by Gasteiger charge is 2.55. The lowest BCUT2D eigenvalue weighted by molar-refractivity contribution is -0.319. The summed E-state index contributed by atoms with van der Waals surface area (Å²) in [5.74, 6) is -4.74. The number of nitrogens with zero attached hydrogens (tertiary/aromatic N) is 1. The Morgan fingerprint density at radius 2 is 1.50 bits per heavy atom. The molecular weight excluding hydrogens is 859 g/mol. The summed E-state index contributed by atoms with van der Waals surface area (Å²) in [5, 5.41) is 40.8. The molecule has 5 N–H and O–H groups in total. The average Bonchev–Trinajstić information content (AvgIpc) is 3.24. The number of unbranched alkanes of at least 4 members (excludes halogenated alkanes) is 2. The summed E-state index contributed by atoms with van der Waals surface area (Å²) >= 11 is 0. The van der Waals surface area contributed by atoms with Crippen molar-refractivity contribution in [1.82, 2.24) is 15.5 Å². The van der Waals surface area contributed by atoms with Crippen LogP contribution >= 0.6 is 0 Å². The lowest BCUT2D eigenvalue weighted by atomic mass is 9.74. The molecule has 66 heavy (non-hydrogen) atoms. The summed E-state index contributed by atoms with van der Waals surface area (Å²) < 4.78 is 50.9. The second kappa shape index (κ2) is 24.9. The Balaban J connectivity index is 2.02. The van der Waals surface area contributed by atoms with E-state index in [9.17, 15) is 34.5 Å². The maximum atomic E-state index is 14.5. The smallest absolute Gasteiger partial charge is 0.407 e. The number of alkyl carbamates (subject to hydrolysis) is 1. The van der Waals surface area contributed by atoms with E-state index in [1.54, 1.807) is 48.5 Å². The van der Waals surface area contributed by atoms with Crippen molar-refractivity contribution in [1.29, 1.82) is 0 Å². The van der Waals surface area contributed by atoms with Crippen molar-refractivity contribution in [2.75, 3.05) is 34.9 Å². The molecule has 384 valence electrons. The third-order valence-electron chi connectivity index (χ3n) is 14.3. The molecule has 0 aromatic carbocycles. The van der Waals surface area contributed by atoms with E-state index in [2.05, 4.69) is 10.6 Å². The van der Waals surface area contributed by atoms with E-state index in [1.165, 1.54) is 21.1 Å². The zero-order valence-corrected chi connectivity index (χ0v) is 42.8. The largest absolute Gasteiger partial charge is 0.459 e. The van der Waals surface area contributed by atoms with E-state index in [4.69, 9.17) is 37.9 Å². The molecule has 3 fully saturated rings. The summed E-state index contributed by atoms with van der Waals surface area (Å²) in [6, 6.07) is -0.242. The van der Waals surface area contributed by atoms with Crippen LogP contribution in [0.5, 0.6) is 0 Å². The number of cyclic esters (lactones) is 1. The number of rotatable bonds is 16. The topological polar surface area (TPSA) is 230 Å². The van der Waals surface area contributed by atoms with Crippen molar-refractivity contribution in [3.8, 4) is 0 Å². The quantitative estimate of drug-likeness (QED) is 0.108. The first-order chi connectivity index (χ1) is 30.7. The zero-order chi connectivity index (χ0) is 50.1. The minimum absolute atomic E-state index is 0.00338. The van der Waals surface area contributed by atoms with Gasteiger partial charge in [0.05, 0.1) is 42.0 Å². The molecule has 0 saturated carbocycles. The highest BCUT2D eigenvalue weighted by molar-refractivity contribution is 5.83. The number of carbonyl (C=O) groups is 4. The summed E-state index contributed by atoms with van der Waals surface area (Å²) in [4.78, 5) is 55.6. The van der Waals surface area contributed by atoms with Gasteiger partial charge in [0.25, 0.3) is 0 Å². The molecule has 3 heterocycles. The van der Waals surface area contributed by atoms with Gasteiger partial charge < -0.3 is 68.7 Å². The molecule has 0 aliphatic carbocycles. The minimum Gasteiger partial charge on any atom is -0.459 e. The number of ether oxygens (including phenoxy) is 8. The summed E-state index contributed by atoms with van der Waals surface area (Å²) in [6.07, 6.45) is -7.53. The molecule has 3 saturated heterocycles. The van der Waals surface area contributed by atoms with Gasteiger partial charge in [0.1, 0.15) is 29.2 Å². The first kappa shape index (κ1) is 57.8. The van der Waals surface area contributed by atoms with Gasteiger partial charge in [-0.25, -0.2) is 4.79 Å². The standard InChI is InChI=1S/C48H87N3O15/c1-17-34-48(12,58)40(55)29(6)37(53)27(4)24-46(10,59-15)41(65-44-38(54)33(51(13)14)23-28(5)61-44)30(7)39(31(8)43(56)63-34)64-36-25-47(11,60-16)42(32(9)62-36)66-45(57)49-22-20-18-19-21-35(52)50-26(2)3/h26-34,36,38-42,44,54-55,58H,17-25H2,1-16H3,(H,49,57)(H,50,52)/t27-,28-,29+,30+,31-,32+,33+,34-,36+,38-,39+,40-,41-,42+,44+,46-,47-,48-/m1/s1. The lowest BCUT2D eigenvalue weighted by Gasteiger charge is -2.50. The first-order valence-corrected chi connectivity index (χ1v) is 24.1. The van der Waals surface area contributed by atoms with Crippen molar-refractivity contribution in [2.45, 2.75) is 225 Å². The van der Waals surface area contributed by atoms with Crippen molar-refractivity contribution in [3.63, 3.8) is 0 Å². The number of esters is 1. The highest BCUT2D eigenvalue weighted by atomic mass is 16.7. The number of Topliss-reactive ketones (excluding diaryl/α,β-unsaturated/α-hetero) is 1. The van der Waals surface area contributed by atoms with Crippen LogP contribution < -0.4 is 10.6 Å². The van der Waals surface area contributed by atoms with E-state index < -0.39 is 108 Å². The van der Waals surface area contributed by atoms with Crippen molar-refractivity contribution in [2.24, 2.45) is 23.7 Å². The number of aliphatic hydroxyl groups excluding tert-OH is 2. The van der Waals surface area contributed by atoms with Gasteiger partial charge in [0.2, 0.25) is 5.91 Å². The van der Waals surface area contributed by atoms with Gasteiger partial charge in [-0.1, -0.05) is 34.1 Å². The number of carbonyl (C=O) groups excluding carboxylic acids is 4. The van der Waals surface area contributed by atoms with Crippen LogP contribution in [0.2, 0.25) is 0 Å². The Morgan fingerprint density at radius 1 is 0.879 bits per heavy atom. The van der Waals surface area contributed by atoms with Crippen LogP contribution in [0.25, 0.3) is 0 Å². The maximum absolute atomic E-state index is 14.5. The van der Waals surface area contributed by atoms with E-state index >= 15 is 0 Å². The van der Waals surface area contributed by atoms with E-state index in [0.29, 0.717) is 32.2 Å². The zero-order valence-electron chi connectivity index (χ0n) is 42.8. The van der Waals surface area contributed by atoms with Crippen LogP contribution in [0.15, 0.2) is 0 Å². The number of ketones is 1. The number of methoxy groups -OCH3 is 2. The summed E-state index contributed by atoms with van der Waals surface area (Å²) in [7, 11) is 6.74. The predicted molar refractivity (Wildman–Crippen MR) is 245 cm³/mol. The minimum atomic E-state index is -2.01. The molecule has 0 aromatic heterocycles. The van der Waals surface area contributed by atoms with Crippen LogP contribution in [0.4, 0.5) is 4.79 Å². The fourth-order valence-electron chi connectivity index (χ4n) is 10.1. The molecular formula is C48H87N3O15. The SMILES string of the molecule is CC[C@H]1OC(=O)[C@H](C)[C@@H](O[C@H]2C[C@@](C)(OC)[C@@H](OC(=O)NCCCCCC(=O)NC(C)C)[C@H](C)O2)[C@H](C)[C@@H](O[C@@H]2O[C@H](C)C[C@H](N(C)C)[C@H]2O)[C@](C)(OC)C[C@@H](C)C(=O)[C@H](C)[C@@H](O)[C@]1(C)O. The van der Waals surface area contributed by atoms with Gasteiger partial charge in [-0.2, -0.15) is 0 Å². The number of hydrogen-bond donors (Lipinski definition) is 5. The Hall–Kier alpha value is -2.52. The van der Waals surface area contributed by atoms with Crippen molar-refractivity contribution in [3.05, 3.63) is 0 Å². The Kier molecular flexibility index (Phi) is 21.8. The number of aliphatic hydroxyl groups is 3. The van der Waals surface area contributed by atoms with Crippen molar-refractivity contribution >= 4 is 23.8 Å². The second-order valence-corrected chi connectivity index (χ2v) is 20.5. The third-order valence-corrected chi connectivity index (χ3v) is 14.3. The highest BCUT2D eigenvalue weighted by Crippen LogP contribution is 2.42. The molecule has 3 aliphatic heterocycles. The van der Waals surface area contributed by atoms with Gasteiger partial charge in [-0.3, -0.25) is 14.4 Å². The summed E-state index contributed by atoms with van der Waals surface area (Å²) in [6.45, 7) is 21.2. The maximum Gasteiger partial charge on any atom is 0.407 e. The monoisotopic (exact) mass is 946 g/mol. The molecule has 0 unspecified atom stereocenters. The molecule has 18 atom stereocenters. The molecule has 18 nitrogen and oxygen atoms in total. The molecule has 18 heteroatoms. The van der Waals surface area contributed by atoms with Gasteiger partial charge in [0.15, 0.2) is 18.7 Å². The van der Waals surface area contributed by atoms with E-state index in [1.807, 2.05) is 46.7 Å². The van der Waals surface area contributed by atoms with Crippen LogP contribution in [-0.4, -0.2) is 169 Å². The normalized spacial score (nSPS) is 41.0. The number of amides is 2. The number of nitrogens with one attached hydrogen (secondary N) is 2. The Morgan fingerprint density at radius 3 is 2.08 bits per heavy atom. The molecule has 0 radical (unpaired) electrons. The predicted octanol–water partition coefficient (Wildman–Crippen LogP) is 4.26. The van der Waals surface area contributed by atoms with Gasteiger partial charge in [-0.05, 0) is 102 Å². The number of likely N-dealkylation sites (N-methyl/N-ethyl adjacent to an activating group) is 1. The summed E-state index contributed by atoms with van der Waals surface area (Å²) in [5.41, 5.74) is -4.46. The molecule has 2 amide bonds. The molecule has 3 aliphatic rings. The molecule has 0 bridgehead atoms. The van der Waals surface area contributed by atoms with Gasteiger partial charge in [0, 0.05) is 63.4 Å². The van der Waals surface area contributed by atoms with Crippen LogP contribution in [0, 0.1) is 23.7 Å². The second-order valence-electron chi connectivity index (χ2n) is 20.5. The first-order valence-electron chi connectivity index (χ1n) is 24.1. The third kappa shape index (κ3) is 14.5. The Labute approximate surface area is 394 Å². The Bertz CT molecular complexity index is 1570. The van der Waals surface area contributed by atoms with Crippen LogP contribution in [-0.2, 0) is 52.3 Å². The van der Waals surface area contributed by atoms with E-state index in [-0.39, 0.29) is 49.1 Å². The van der Waals surface area contributed by atoms with Gasteiger partial charge >= 0.3 is 12.1 Å². The molecule has 0 aromatic rings. The van der Waals surface area contributed by atoms with Gasteiger partial charge in [-0.15, -0.1) is 0 Å². The molecule has 0 spiro atoms. The van der Waals surface area contributed by atoms with E-state index in [0.717, 1.165) is 6.42 Å². The lowest BCUT2D eigenvalue weighted by Crippen LogP contribution is -2.62. The fourth-order valence-corrected chi connectivity index (χ4v) is 10.1. The van der Waals surface area contributed by atoms with Crippen LogP contribution in [0.1, 0.15) is 134 Å². The van der Waals surface area contributed by atoms with Crippen molar-refractivity contribution < 1.29 is 72.4 Å².